The molecule has 34 heavy (non-hydrogen) atoms. The average Bonchev–Trinajstić information content (AvgIpc) is 3.46. The molecule has 8 heteroatoms. The van der Waals surface area contributed by atoms with Crippen molar-refractivity contribution in [2.24, 2.45) is 29.4 Å². The van der Waals surface area contributed by atoms with E-state index in [9.17, 15) is 14.4 Å². The van der Waals surface area contributed by atoms with Crippen LogP contribution < -0.4 is 5.73 Å². The molecule has 7 nitrogen and oxygen atoms in total. The van der Waals surface area contributed by atoms with Crippen molar-refractivity contribution in [1.29, 1.82) is 0 Å². The van der Waals surface area contributed by atoms with Crippen LogP contribution in [0.25, 0.3) is 0 Å². The van der Waals surface area contributed by atoms with Gasteiger partial charge in [-0.1, -0.05) is 25.0 Å². The molecule has 0 saturated heterocycles. The molecular weight excluding hydrogens is 454 g/mol. The Balaban J connectivity index is 0.000000234. The van der Waals surface area contributed by atoms with Crippen LogP contribution in [0.1, 0.15) is 75.6 Å². The number of carboxylic acids is 1. The molecule has 0 amide bonds. The van der Waals surface area contributed by atoms with Gasteiger partial charge in [-0.2, -0.15) is 11.3 Å². The molecule has 192 valence electrons. The van der Waals surface area contributed by atoms with Gasteiger partial charge in [-0.3, -0.25) is 14.4 Å². The molecule has 2 saturated carbocycles. The van der Waals surface area contributed by atoms with E-state index in [1.165, 1.54) is 43.9 Å². The van der Waals surface area contributed by atoms with Gasteiger partial charge in [0.25, 0.3) is 0 Å². The Morgan fingerprint density at radius 2 is 1.74 bits per heavy atom. The van der Waals surface area contributed by atoms with Crippen molar-refractivity contribution in [2.45, 2.75) is 65.2 Å². The molecule has 0 spiro atoms. The molecule has 1 unspecified atom stereocenters. The zero-order valence-electron chi connectivity index (χ0n) is 20.5. The second-order valence-electron chi connectivity index (χ2n) is 8.84. The maximum absolute atomic E-state index is 11.3. The quantitative estimate of drug-likeness (QED) is 0.217. The van der Waals surface area contributed by atoms with Gasteiger partial charge in [0.1, 0.15) is 5.92 Å². The largest absolute Gasteiger partial charge is 0.481 e. The van der Waals surface area contributed by atoms with E-state index < -0.39 is 11.9 Å². The van der Waals surface area contributed by atoms with Crippen LogP contribution in [-0.4, -0.2) is 47.7 Å². The van der Waals surface area contributed by atoms with Gasteiger partial charge < -0.3 is 20.7 Å². The van der Waals surface area contributed by atoms with Gasteiger partial charge >= 0.3 is 11.9 Å². The van der Waals surface area contributed by atoms with Crippen molar-refractivity contribution in [3.63, 3.8) is 0 Å². The molecule has 3 aliphatic carbocycles. The minimum atomic E-state index is -1.08. The summed E-state index contributed by atoms with van der Waals surface area (Å²) < 4.78 is 4.81. The highest BCUT2D eigenvalue weighted by molar-refractivity contribution is 7.08. The third-order valence-electron chi connectivity index (χ3n) is 6.22. The Morgan fingerprint density at radius 1 is 1.12 bits per heavy atom. The smallest absolute Gasteiger partial charge is 0.314 e. The summed E-state index contributed by atoms with van der Waals surface area (Å²) in [4.78, 5) is 32.5. The fraction of sp³-hybridized carbons (Fsp3) is 0.654. The molecule has 2 fully saturated rings. The second-order valence-corrected chi connectivity index (χ2v) is 9.62. The summed E-state index contributed by atoms with van der Waals surface area (Å²) in [7, 11) is 0. The number of carboxylic acid groups (broad SMARTS) is 1. The van der Waals surface area contributed by atoms with E-state index in [0.717, 1.165) is 38.1 Å². The second kappa shape index (κ2) is 17.4. The Labute approximate surface area is 207 Å². The van der Waals surface area contributed by atoms with Gasteiger partial charge in [-0.15, -0.1) is 0 Å². The van der Waals surface area contributed by atoms with E-state index in [1.807, 2.05) is 6.92 Å². The average molecular weight is 496 g/mol. The van der Waals surface area contributed by atoms with Crippen molar-refractivity contribution in [3.05, 3.63) is 34.5 Å². The van der Waals surface area contributed by atoms with Gasteiger partial charge in [0.15, 0.2) is 5.78 Å². The number of aliphatic hydroxyl groups is 1. The minimum absolute atomic E-state index is 0.00347. The Bertz CT molecular complexity index is 730. The van der Waals surface area contributed by atoms with Crippen LogP contribution in [0.3, 0.4) is 0 Å². The third kappa shape index (κ3) is 11.4. The Hall–Kier alpha value is -2.03. The predicted molar refractivity (Wildman–Crippen MR) is 135 cm³/mol. The number of carbonyl (C=O) groups excluding carboxylic acids is 2. The maximum Gasteiger partial charge on any atom is 0.314 e. The first-order valence-electron chi connectivity index (χ1n) is 12.3. The number of Topliss-reactive ketones (excluding diaryl/α,β-unsaturated/α-hetero) is 1. The number of carbonyl (C=O) groups is 3. The first kappa shape index (κ1) is 30.0. The van der Waals surface area contributed by atoms with Crippen LogP contribution in [0, 0.1) is 23.7 Å². The summed E-state index contributed by atoms with van der Waals surface area (Å²) >= 11 is 1.38. The lowest BCUT2D eigenvalue weighted by atomic mass is 9.86. The first-order chi connectivity index (χ1) is 16.3. The molecule has 3 aliphatic rings. The highest BCUT2D eigenvalue weighted by Gasteiger charge is 2.26. The highest BCUT2D eigenvalue weighted by Crippen LogP contribution is 2.27. The van der Waals surface area contributed by atoms with Crippen LogP contribution in [-0.2, 0) is 14.3 Å². The zero-order valence-corrected chi connectivity index (χ0v) is 21.3. The zero-order chi connectivity index (χ0) is 25.3. The van der Waals surface area contributed by atoms with Crippen LogP contribution >= 0.6 is 11.3 Å². The lowest BCUT2D eigenvalue weighted by molar-refractivity contribution is -0.150. The van der Waals surface area contributed by atoms with E-state index in [-0.39, 0.29) is 17.7 Å². The minimum Gasteiger partial charge on any atom is -0.481 e. The van der Waals surface area contributed by atoms with Gasteiger partial charge in [-0.05, 0) is 82.2 Å². The molecule has 1 atom stereocenters. The van der Waals surface area contributed by atoms with Gasteiger partial charge in [0, 0.05) is 17.6 Å². The number of ketones is 1. The topological polar surface area (TPSA) is 127 Å². The molecule has 1 aromatic heterocycles. The number of hydrogen-bond donors (Lipinski definition) is 3. The summed E-state index contributed by atoms with van der Waals surface area (Å²) in [5.74, 6) is -0.673. The van der Waals surface area contributed by atoms with E-state index >= 15 is 0 Å². The molecule has 0 radical (unpaired) electrons. The predicted octanol–water partition coefficient (Wildman–Crippen LogP) is 4.69. The number of aliphatic carboxylic acids is 1. The number of esters is 1. The number of ether oxygens (including phenoxy) is 1. The normalized spacial score (nSPS) is 17.9. The van der Waals surface area contributed by atoms with E-state index in [0.29, 0.717) is 24.7 Å². The van der Waals surface area contributed by atoms with Crippen molar-refractivity contribution < 1.29 is 29.3 Å². The van der Waals surface area contributed by atoms with Gasteiger partial charge in [0.2, 0.25) is 0 Å². The molecule has 1 aromatic rings. The summed E-state index contributed by atoms with van der Waals surface area (Å²) in [5.41, 5.74) is 5.82. The number of aliphatic hydroxyl groups excluding tert-OH is 1. The van der Waals surface area contributed by atoms with E-state index in [4.69, 9.17) is 20.7 Å². The number of nitrogens with two attached hydrogens (primary N) is 1. The molecule has 0 aliphatic heterocycles. The lowest BCUT2D eigenvalue weighted by Crippen LogP contribution is -2.23. The lowest BCUT2D eigenvalue weighted by Gasteiger charge is -2.22. The standard InChI is InChI=1S/C8H8O3S.C7H12O2.C6H10O.C5H11N/c1-5(8(10)11)7(9)6-2-3-12-4-6;1-2-9-7(8)6-4-3-5-6;7-5-6-3-1-2-4-6;6-4-5-2-1-3-5/h2-5H,1H3,(H,10,11);6H,2-5H2,1H3;1-2,6-7H,3-5H2;5H,1-4,6H2. The molecule has 4 N–H and O–H groups in total. The number of allylic oxidation sites excluding steroid dienone is 2. The monoisotopic (exact) mass is 495 g/mol. The number of hydrogen-bond acceptors (Lipinski definition) is 7. The maximum atomic E-state index is 11.3. The van der Waals surface area contributed by atoms with Gasteiger partial charge in [0.05, 0.1) is 12.5 Å². The van der Waals surface area contributed by atoms with E-state index in [2.05, 4.69) is 12.2 Å². The number of thiophene rings is 1. The van der Waals surface area contributed by atoms with Crippen molar-refractivity contribution in [3.8, 4) is 0 Å². The SMILES string of the molecule is CC(C(=O)O)C(=O)c1ccsc1.CCOC(=O)C1CCC1.NCC1CCC1.OCC1CC=CC1. The van der Waals surface area contributed by atoms with Crippen LogP contribution in [0.2, 0.25) is 0 Å². The van der Waals surface area contributed by atoms with Gasteiger partial charge in [-0.25, -0.2) is 0 Å². The number of rotatable bonds is 7. The summed E-state index contributed by atoms with van der Waals surface area (Å²) in [6.45, 7) is 5.03. The fourth-order valence-electron chi connectivity index (χ4n) is 3.22. The molecular formula is C26H41NO6S. The fourth-order valence-corrected chi connectivity index (χ4v) is 3.87. The molecule has 4 rings (SSSR count). The van der Waals surface area contributed by atoms with Crippen LogP contribution in [0.4, 0.5) is 0 Å². The summed E-state index contributed by atoms with van der Waals surface area (Å²) in [5, 5.41) is 20.5. The van der Waals surface area contributed by atoms with Crippen molar-refractivity contribution >= 4 is 29.1 Å². The Kier molecular flexibility index (Phi) is 15.4. The van der Waals surface area contributed by atoms with E-state index in [1.54, 1.807) is 16.8 Å². The third-order valence-corrected chi connectivity index (χ3v) is 6.90. The highest BCUT2D eigenvalue weighted by atomic mass is 32.1. The van der Waals surface area contributed by atoms with Crippen molar-refractivity contribution in [1.82, 2.24) is 0 Å². The van der Waals surface area contributed by atoms with Crippen molar-refractivity contribution in [2.75, 3.05) is 19.8 Å². The molecule has 1 heterocycles. The first-order valence-corrected chi connectivity index (χ1v) is 13.2. The van der Waals surface area contributed by atoms with Crippen LogP contribution in [0.5, 0.6) is 0 Å². The Morgan fingerprint density at radius 3 is 2.03 bits per heavy atom. The molecule has 0 aromatic carbocycles. The summed E-state index contributed by atoms with van der Waals surface area (Å²) in [6, 6.07) is 1.63. The van der Waals surface area contributed by atoms with Crippen LogP contribution in [0.15, 0.2) is 29.0 Å². The summed E-state index contributed by atoms with van der Waals surface area (Å²) in [6.07, 6.45) is 13.9. The molecule has 0 bridgehead atoms.